The smallest absolute Gasteiger partial charge is 0.255 e. The van der Waals surface area contributed by atoms with Gasteiger partial charge in [-0.15, -0.1) is 24.0 Å². The zero-order valence-corrected chi connectivity index (χ0v) is 14.8. The highest BCUT2D eigenvalue weighted by molar-refractivity contribution is 14.0. The van der Waals surface area contributed by atoms with Gasteiger partial charge in [0.2, 0.25) is 0 Å². The van der Waals surface area contributed by atoms with Crippen LogP contribution >= 0.6 is 24.0 Å². The summed E-state index contributed by atoms with van der Waals surface area (Å²) in [5.41, 5.74) is 7.33. The van der Waals surface area contributed by atoms with Gasteiger partial charge in [-0.1, -0.05) is 0 Å². The van der Waals surface area contributed by atoms with Gasteiger partial charge >= 0.3 is 0 Å². The fraction of sp³-hybridized carbons (Fsp3) is 0.571. The lowest BCUT2D eigenvalue weighted by molar-refractivity contribution is 0.114. The molecule has 7 heteroatoms. The van der Waals surface area contributed by atoms with Crippen LogP contribution < -0.4 is 16.6 Å². The number of aliphatic imine (C=N–C) groups is 1. The number of nitrogens with two attached hydrogens (primary N) is 1. The first-order valence-electron chi connectivity index (χ1n) is 6.89. The number of guanidine groups is 1. The molecule has 1 aliphatic rings. The summed E-state index contributed by atoms with van der Waals surface area (Å²) in [5, 5.41) is 3.03. The average molecular weight is 406 g/mol. The number of pyridine rings is 1. The van der Waals surface area contributed by atoms with Crippen LogP contribution in [0.25, 0.3) is 0 Å². The zero-order valence-electron chi connectivity index (χ0n) is 12.5. The first kappa shape index (κ1) is 18.0. The molecule has 1 atom stereocenters. The zero-order chi connectivity index (χ0) is 14.5. The normalized spacial score (nSPS) is 18.4. The van der Waals surface area contributed by atoms with Crippen molar-refractivity contribution in [1.29, 1.82) is 0 Å². The van der Waals surface area contributed by atoms with Crippen LogP contribution in [0.15, 0.2) is 21.9 Å². The van der Waals surface area contributed by atoms with Gasteiger partial charge in [-0.25, -0.2) is 4.99 Å². The second-order valence-electron chi connectivity index (χ2n) is 5.08. The molecule has 0 saturated carbocycles. The summed E-state index contributed by atoms with van der Waals surface area (Å²) in [4.78, 5) is 16.2. The highest BCUT2D eigenvalue weighted by atomic mass is 127. The number of halogens is 1. The SMILES string of the molecule is Cc1ccc(CN=C(N)NCC2CCCO2)c(=O)n1C.I. The highest BCUT2D eigenvalue weighted by Gasteiger charge is 2.14. The Hall–Kier alpha value is -1.09. The van der Waals surface area contributed by atoms with Gasteiger partial charge in [0.1, 0.15) is 0 Å². The summed E-state index contributed by atoms with van der Waals surface area (Å²) in [5.74, 6) is 0.350. The molecule has 1 saturated heterocycles. The summed E-state index contributed by atoms with van der Waals surface area (Å²) in [6, 6.07) is 3.71. The number of hydrogen-bond acceptors (Lipinski definition) is 3. The topological polar surface area (TPSA) is 81.6 Å². The minimum absolute atomic E-state index is 0. The van der Waals surface area contributed by atoms with Crippen LogP contribution in [-0.2, 0) is 18.3 Å². The molecule has 118 valence electrons. The summed E-state index contributed by atoms with van der Waals surface area (Å²) >= 11 is 0. The van der Waals surface area contributed by atoms with Gasteiger partial charge in [-0.05, 0) is 31.9 Å². The Balaban J connectivity index is 0.00000220. The number of aromatic nitrogens is 1. The number of aryl methyl sites for hydroxylation is 1. The van der Waals surface area contributed by atoms with Crippen molar-refractivity contribution in [1.82, 2.24) is 9.88 Å². The Morgan fingerprint density at radius 1 is 1.57 bits per heavy atom. The van der Waals surface area contributed by atoms with Crippen LogP contribution in [0.4, 0.5) is 0 Å². The first-order valence-corrected chi connectivity index (χ1v) is 6.89. The molecular weight excluding hydrogens is 383 g/mol. The Morgan fingerprint density at radius 3 is 3.00 bits per heavy atom. The number of hydrogen-bond donors (Lipinski definition) is 2. The molecular formula is C14H23IN4O2. The van der Waals surface area contributed by atoms with Crippen molar-refractivity contribution in [2.24, 2.45) is 17.8 Å². The van der Waals surface area contributed by atoms with E-state index in [1.807, 2.05) is 13.0 Å². The molecule has 0 aliphatic carbocycles. The van der Waals surface area contributed by atoms with Crippen molar-refractivity contribution >= 4 is 29.9 Å². The van der Waals surface area contributed by atoms with E-state index in [1.54, 1.807) is 17.7 Å². The van der Waals surface area contributed by atoms with Crippen LogP contribution in [0.1, 0.15) is 24.1 Å². The molecule has 0 radical (unpaired) electrons. The number of ether oxygens (including phenoxy) is 1. The molecule has 21 heavy (non-hydrogen) atoms. The van der Waals surface area contributed by atoms with Crippen molar-refractivity contribution < 1.29 is 4.74 Å². The van der Waals surface area contributed by atoms with E-state index in [2.05, 4.69) is 10.3 Å². The van der Waals surface area contributed by atoms with Gasteiger partial charge < -0.3 is 20.4 Å². The maximum atomic E-state index is 12.0. The number of nitrogens with one attached hydrogen (secondary N) is 1. The predicted molar refractivity (Wildman–Crippen MR) is 94.1 cm³/mol. The summed E-state index contributed by atoms with van der Waals surface area (Å²) in [6.45, 7) is 3.67. The van der Waals surface area contributed by atoms with Crippen molar-refractivity contribution in [3.05, 3.63) is 33.7 Å². The van der Waals surface area contributed by atoms with E-state index in [-0.39, 0.29) is 42.2 Å². The first-order chi connectivity index (χ1) is 9.58. The number of nitrogens with zero attached hydrogens (tertiary/aromatic N) is 2. The molecule has 2 rings (SSSR count). The lowest BCUT2D eigenvalue weighted by Gasteiger charge is -2.11. The Labute approximate surface area is 141 Å². The predicted octanol–water partition coefficient (Wildman–Crippen LogP) is 0.895. The van der Waals surface area contributed by atoms with Crippen molar-refractivity contribution in [3.8, 4) is 0 Å². The van der Waals surface area contributed by atoms with E-state index in [1.165, 1.54) is 0 Å². The summed E-state index contributed by atoms with van der Waals surface area (Å²) in [6.07, 6.45) is 2.37. The van der Waals surface area contributed by atoms with Crippen LogP contribution in [0, 0.1) is 6.92 Å². The third kappa shape index (κ3) is 4.99. The van der Waals surface area contributed by atoms with Crippen LogP contribution in [0.2, 0.25) is 0 Å². The molecule has 1 aromatic heterocycles. The fourth-order valence-corrected chi connectivity index (χ4v) is 2.15. The van der Waals surface area contributed by atoms with E-state index >= 15 is 0 Å². The second-order valence-corrected chi connectivity index (χ2v) is 5.08. The van der Waals surface area contributed by atoms with Crippen LogP contribution in [-0.4, -0.2) is 29.8 Å². The van der Waals surface area contributed by atoms with E-state index in [0.717, 1.165) is 25.1 Å². The van der Waals surface area contributed by atoms with Gasteiger partial charge in [0.15, 0.2) is 5.96 Å². The average Bonchev–Trinajstić information content (AvgIpc) is 2.95. The van der Waals surface area contributed by atoms with Gasteiger partial charge in [-0.2, -0.15) is 0 Å². The fourth-order valence-electron chi connectivity index (χ4n) is 2.15. The molecule has 6 nitrogen and oxygen atoms in total. The van der Waals surface area contributed by atoms with Gasteiger partial charge in [0, 0.05) is 31.5 Å². The molecule has 0 bridgehead atoms. The largest absolute Gasteiger partial charge is 0.376 e. The van der Waals surface area contributed by atoms with E-state index in [4.69, 9.17) is 10.5 Å². The maximum Gasteiger partial charge on any atom is 0.255 e. The quantitative estimate of drug-likeness (QED) is 0.442. The van der Waals surface area contributed by atoms with Crippen molar-refractivity contribution in [2.45, 2.75) is 32.4 Å². The second kappa shape index (κ2) is 8.38. The van der Waals surface area contributed by atoms with Crippen LogP contribution in [0.5, 0.6) is 0 Å². The molecule has 1 aromatic rings. The lowest BCUT2D eigenvalue weighted by atomic mass is 10.2. The third-order valence-corrected chi connectivity index (χ3v) is 3.59. The van der Waals surface area contributed by atoms with Gasteiger partial charge in [0.05, 0.1) is 12.6 Å². The highest BCUT2D eigenvalue weighted by Crippen LogP contribution is 2.10. The molecule has 0 aromatic carbocycles. The van der Waals surface area contributed by atoms with Gasteiger partial charge in [0.25, 0.3) is 5.56 Å². The molecule has 1 aliphatic heterocycles. The molecule has 1 unspecified atom stereocenters. The Kier molecular flexibility index (Phi) is 7.16. The monoisotopic (exact) mass is 406 g/mol. The minimum atomic E-state index is -0.0272. The van der Waals surface area contributed by atoms with E-state index in [0.29, 0.717) is 18.1 Å². The molecule has 2 heterocycles. The van der Waals surface area contributed by atoms with Crippen LogP contribution in [0.3, 0.4) is 0 Å². The van der Waals surface area contributed by atoms with E-state index in [9.17, 15) is 4.79 Å². The maximum absolute atomic E-state index is 12.0. The summed E-state index contributed by atoms with van der Waals surface area (Å²) < 4.78 is 7.10. The Morgan fingerprint density at radius 2 is 2.33 bits per heavy atom. The van der Waals surface area contributed by atoms with Crippen molar-refractivity contribution in [2.75, 3.05) is 13.2 Å². The molecule has 3 N–H and O–H groups in total. The van der Waals surface area contributed by atoms with Crippen molar-refractivity contribution in [3.63, 3.8) is 0 Å². The number of rotatable bonds is 4. The molecule has 1 fully saturated rings. The molecule has 0 spiro atoms. The lowest BCUT2D eigenvalue weighted by Crippen LogP contribution is -2.37. The Bertz CT molecular complexity index is 550. The third-order valence-electron chi connectivity index (χ3n) is 3.59. The standard InChI is InChI=1S/C14H22N4O2.HI/c1-10-5-6-11(13(19)18(10)2)8-16-14(15)17-9-12-4-3-7-20-12;/h5-6,12H,3-4,7-9H2,1-2H3,(H3,15,16,17);1H. The van der Waals surface area contributed by atoms with E-state index < -0.39 is 0 Å². The minimum Gasteiger partial charge on any atom is -0.376 e. The molecule has 0 amide bonds. The van der Waals surface area contributed by atoms with Gasteiger partial charge in [-0.3, -0.25) is 4.79 Å². The summed E-state index contributed by atoms with van der Waals surface area (Å²) in [7, 11) is 1.75.